The van der Waals surface area contributed by atoms with E-state index in [0.717, 1.165) is 32.8 Å². The van der Waals surface area contributed by atoms with Gasteiger partial charge in [0.25, 0.3) is 11.9 Å². The highest BCUT2D eigenvalue weighted by molar-refractivity contribution is 6.02. The maximum absolute atomic E-state index is 12.0. The molecule has 0 bridgehead atoms. The van der Waals surface area contributed by atoms with Crippen molar-refractivity contribution in [3.63, 3.8) is 0 Å². The number of nitrogens with one attached hydrogen (secondary N) is 2. The molecule has 8 heteroatoms. The Morgan fingerprint density at radius 2 is 2.22 bits per heavy atom. The average Bonchev–Trinajstić information content (AvgIpc) is 3.10. The predicted octanol–water partition coefficient (Wildman–Crippen LogP) is -1.06. The molecule has 1 aliphatic rings. The summed E-state index contributed by atoms with van der Waals surface area (Å²) in [6.45, 7) is 5.70. The van der Waals surface area contributed by atoms with Crippen LogP contribution in [0.3, 0.4) is 0 Å². The van der Waals surface area contributed by atoms with Crippen LogP contribution in [-0.2, 0) is 14.2 Å². The number of nitrogens with zero attached hydrogens (tertiary/aromatic N) is 1. The van der Waals surface area contributed by atoms with Gasteiger partial charge in [0.1, 0.15) is 19.7 Å². The fourth-order valence-corrected chi connectivity index (χ4v) is 2.14. The zero-order valence-corrected chi connectivity index (χ0v) is 13.4. The first-order valence-corrected chi connectivity index (χ1v) is 7.72. The van der Waals surface area contributed by atoms with Crippen molar-refractivity contribution in [1.82, 2.24) is 5.32 Å². The summed E-state index contributed by atoms with van der Waals surface area (Å²) >= 11 is 0. The maximum atomic E-state index is 12.0. The molecule has 1 aliphatic heterocycles. The Hall–Kier alpha value is -1.90. The second kappa shape index (κ2) is 9.98. The van der Waals surface area contributed by atoms with Gasteiger partial charge in [-0.05, 0) is 12.1 Å². The van der Waals surface area contributed by atoms with Crippen LogP contribution in [0.25, 0.3) is 0 Å². The molecule has 1 saturated heterocycles. The molecule has 0 unspecified atom stereocenters. The number of rotatable bonds is 7. The lowest BCUT2D eigenvalue weighted by molar-refractivity contribution is -0.906. The number of quaternary nitrogens is 1. The molecule has 128 valence electrons. The Bertz CT molecular complexity index is 483. The molecule has 2 rings (SSSR count). The summed E-state index contributed by atoms with van der Waals surface area (Å²) in [5.41, 5.74) is 0. The van der Waals surface area contributed by atoms with Crippen LogP contribution in [-0.4, -0.2) is 71.6 Å². The lowest BCUT2D eigenvalue weighted by Crippen LogP contribution is -3.14. The van der Waals surface area contributed by atoms with Crippen molar-refractivity contribution in [3.05, 3.63) is 24.2 Å². The van der Waals surface area contributed by atoms with Gasteiger partial charge in [-0.3, -0.25) is 10.1 Å². The number of hydrogen-bond donors (Lipinski definition) is 2. The topological polar surface area (TPSA) is 86.7 Å². The van der Waals surface area contributed by atoms with Crippen molar-refractivity contribution in [2.75, 3.05) is 59.7 Å². The van der Waals surface area contributed by atoms with Crippen LogP contribution in [0, 0.1) is 0 Å². The number of morpholine rings is 1. The SMILES string of the molecule is COCCOC(=NCC[NH+]1CCOCC1)NC(=O)c1ccco1. The molecular weight excluding hydrogens is 302 g/mol. The molecule has 2 N–H and O–H groups in total. The summed E-state index contributed by atoms with van der Waals surface area (Å²) in [5.74, 6) is -0.170. The van der Waals surface area contributed by atoms with E-state index in [1.807, 2.05) is 0 Å². The van der Waals surface area contributed by atoms with Gasteiger partial charge in [0.05, 0.1) is 39.2 Å². The number of furan rings is 1. The van der Waals surface area contributed by atoms with Crippen LogP contribution in [0.1, 0.15) is 10.6 Å². The molecule has 1 amide bonds. The van der Waals surface area contributed by atoms with Crippen molar-refractivity contribution in [3.8, 4) is 0 Å². The second-order valence-electron chi connectivity index (χ2n) is 5.07. The predicted molar refractivity (Wildman–Crippen MR) is 82.7 cm³/mol. The van der Waals surface area contributed by atoms with E-state index in [0.29, 0.717) is 19.8 Å². The molecule has 0 aliphatic carbocycles. The van der Waals surface area contributed by atoms with Crippen molar-refractivity contribution < 1.29 is 28.3 Å². The first-order valence-electron chi connectivity index (χ1n) is 7.72. The van der Waals surface area contributed by atoms with Crippen molar-refractivity contribution in [2.45, 2.75) is 0 Å². The number of ether oxygens (including phenoxy) is 3. The van der Waals surface area contributed by atoms with E-state index in [1.165, 1.54) is 11.2 Å². The van der Waals surface area contributed by atoms with Crippen LogP contribution in [0.2, 0.25) is 0 Å². The summed E-state index contributed by atoms with van der Waals surface area (Å²) in [6, 6.07) is 3.43. The minimum absolute atomic E-state index is 0.191. The van der Waals surface area contributed by atoms with Crippen molar-refractivity contribution in [1.29, 1.82) is 0 Å². The highest BCUT2D eigenvalue weighted by Gasteiger charge is 2.15. The van der Waals surface area contributed by atoms with E-state index < -0.39 is 0 Å². The second-order valence-corrected chi connectivity index (χ2v) is 5.07. The van der Waals surface area contributed by atoms with Gasteiger partial charge in [-0.2, -0.15) is 0 Å². The Kier molecular flexibility index (Phi) is 7.58. The molecule has 2 heterocycles. The zero-order chi connectivity index (χ0) is 16.3. The van der Waals surface area contributed by atoms with E-state index in [1.54, 1.807) is 19.2 Å². The number of methoxy groups -OCH3 is 1. The molecule has 1 fully saturated rings. The van der Waals surface area contributed by atoms with Gasteiger partial charge < -0.3 is 23.5 Å². The summed E-state index contributed by atoms with van der Waals surface area (Å²) in [7, 11) is 1.59. The molecule has 0 radical (unpaired) electrons. The number of hydrogen-bond acceptors (Lipinski definition) is 6. The molecule has 0 spiro atoms. The third-order valence-corrected chi connectivity index (χ3v) is 3.41. The molecule has 1 aromatic rings. The summed E-state index contributed by atoms with van der Waals surface area (Å²) in [6.07, 6.45) is 1.44. The molecule has 23 heavy (non-hydrogen) atoms. The van der Waals surface area contributed by atoms with Crippen LogP contribution in [0.4, 0.5) is 0 Å². The average molecular weight is 326 g/mol. The van der Waals surface area contributed by atoms with E-state index in [2.05, 4.69) is 10.3 Å². The minimum atomic E-state index is -0.384. The van der Waals surface area contributed by atoms with Gasteiger partial charge in [0.2, 0.25) is 0 Å². The van der Waals surface area contributed by atoms with Crippen LogP contribution in [0.5, 0.6) is 0 Å². The third-order valence-electron chi connectivity index (χ3n) is 3.41. The fraction of sp³-hybridized carbons (Fsp3) is 0.600. The Balaban J connectivity index is 1.84. The number of amidine groups is 1. The van der Waals surface area contributed by atoms with E-state index >= 15 is 0 Å². The quantitative estimate of drug-likeness (QED) is 0.379. The first-order chi connectivity index (χ1) is 11.3. The van der Waals surface area contributed by atoms with Gasteiger partial charge >= 0.3 is 0 Å². The number of amides is 1. The van der Waals surface area contributed by atoms with E-state index in [9.17, 15) is 4.79 Å². The van der Waals surface area contributed by atoms with Crippen LogP contribution in [0.15, 0.2) is 27.8 Å². The lowest BCUT2D eigenvalue weighted by Gasteiger charge is -2.23. The number of carbonyl (C=O) groups is 1. The van der Waals surface area contributed by atoms with Crippen LogP contribution < -0.4 is 10.2 Å². The Morgan fingerprint density at radius 3 is 2.91 bits per heavy atom. The van der Waals surface area contributed by atoms with Gasteiger partial charge in [0, 0.05) is 7.11 Å². The zero-order valence-electron chi connectivity index (χ0n) is 13.4. The van der Waals surface area contributed by atoms with Gasteiger partial charge in [0.15, 0.2) is 5.76 Å². The van der Waals surface area contributed by atoms with E-state index in [-0.39, 0.29) is 17.7 Å². The van der Waals surface area contributed by atoms with Crippen molar-refractivity contribution >= 4 is 11.9 Å². The summed E-state index contributed by atoms with van der Waals surface area (Å²) in [4.78, 5) is 17.8. The van der Waals surface area contributed by atoms with E-state index in [4.69, 9.17) is 18.6 Å². The molecule has 0 atom stereocenters. The van der Waals surface area contributed by atoms with Crippen molar-refractivity contribution in [2.24, 2.45) is 4.99 Å². The van der Waals surface area contributed by atoms with Gasteiger partial charge in [-0.1, -0.05) is 0 Å². The standard InChI is InChI=1S/C15H23N3O5/c1-20-11-12-23-15(17-14(19)13-3-2-8-22-13)16-4-5-18-6-9-21-10-7-18/h2-3,8H,4-7,9-12H2,1H3,(H,16,17,19)/p+1. The third kappa shape index (κ3) is 6.39. The fourth-order valence-electron chi connectivity index (χ4n) is 2.14. The minimum Gasteiger partial charge on any atom is -0.463 e. The first kappa shape index (κ1) is 17.5. The van der Waals surface area contributed by atoms with Gasteiger partial charge in [-0.25, -0.2) is 4.99 Å². The Morgan fingerprint density at radius 1 is 1.39 bits per heavy atom. The highest BCUT2D eigenvalue weighted by atomic mass is 16.5. The molecule has 8 nitrogen and oxygen atoms in total. The van der Waals surface area contributed by atoms with Gasteiger partial charge in [-0.15, -0.1) is 0 Å². The summed E-state index contributed by atoms with van der Waals surface area (Å²) < 4.78 is 20.8. The molecule has 1 aromatic heterocycles. The molecule has 0 aromatic carbocycles. The maximum Gasteiger partial charge on any atom is 0.294 e. The number of aliphatic imine (C=N–C) groups is 1. The monoisotopic (exact) mass is 326 g/mol. The lowest BCUT2D eigenvalue weighted by atomic mass is 10.4. The normalized spacial score (nSPS) is 16.3. The molecule has 0 saturated carbocycles. The smallest absolute Gasteiger partial charge is 0.294 e. The van der Waals surface area contributed by atoms with Crippen LogP contribution >= 0.6 is 0 Å². The molecular formula is C15H24N3O5+. The number of carbonyl (C=O) groups excluding carboxylic acids is 1. The highest BCUT2D eigenvalue weighted by Crippen LogP contribution is 1.99. The Labute approximate surface area is 135 Å². The largest absolute Gasteiger partial charge is 0.463 e. The summed E-state index contributed by atoms with van der Waals surface area (Å²) in [5, 5.41) is 2.62.